The monoisotopic (exact) mass is 417 g/mol. The Morgan fingerprint density at radius 1 is 1.07 bits per heavy atom. The van der Waals surface area contributed by atoms with Crippen molar-refractivity contribution in [3.8, 4) is 0 Å². The molecule has 1 amide bonds. The van der Waals surface area contributed by atoms with Gasteiger partial charge in [0.2, 0.25) is 15.9 Å². The number of sulfonamides is 1. The van der Waals surface area contributed by atoms with Gasteiger partial charge < -0.3 is 15.4 Å². The highest BCUT2D eigenvalue weighted by atomic mass is 32.2. The molecule has 1 heterocycles. The third-order valence-electron chi connectivity index (χ3n) is 4.48. The fourth-order valence-electron chi connectivity index (χ4n) is 2.98. The van der Waals surface area contributed by atoms with Gasteiger partial charge in [-0.3, -0.25) is 9.59 Å². The summed E-state index contributed by atoms with van der Waals surface area (Å²) in [6.07, 6.45) is 0. The van der Waals surface area contributed by atoms with Crippen molar-refractivity contribution in [3.63, 3.8) is 0 Å². The first kappa shape index (κ1) is 21.0. The molecule has 29 heavy (non-hydrogen) atoms. The number of rotatable bonds is 7. The van der Waals surface area contributed by atoms with E-state index in [1.54, 1.807) is 36.4 Å². The summed E-state index contributed by atoms with van der Waals surface area (Å²) in [5.41, 5.74) is 1.38. The summed E-state index contributed by atoms with van der Waals surface area (Å²) < 4.78 is 32.1. The van der Waals surface area contributed by atoms with Gasteiger partial charge in [-0.2, -0.15) is 4.31 Å². The number of anilines is 2. The molecule has 2 aromatic carbocycles. The second-order valence-electron chi connectivity index (χ2n) is 6.55. The largest absolute Gasteiger partial charge is 0.379 e. The minimum Gasteiger partial charge on any atom is -0.379 e. The van der Waals surface area contributed by atoms with Gasteiger partial charge in [0.05, 0.1) is 30.3 Å². The normalized spacial score (nSPS) is 14.9. The van der Waals surface area contributed by atoms with E-state index in [1.807, 2.05) is 0 Å². The lowest BCUT2D eigenvalue weighted by atomic mass is 10.1. The highest BCUT2D eigenvalue weighted by molar-refractivity contribution is 7.89. The van der Waals surface area contributed by atoms with Gasteiger partial charge in [-0.1, -0.05) is 18.2 Å². The highest BCUT2D eigenvalue weighted by Gasteiger charge is 2.26. The number of amides is 1. The summed E-state index contributed by atoms with van der Waals surface area (Å²) in [6, 6.07) is 13.1. The lowest BCUT2D eigenvalue weighted by Crippen LogP contribution is -2.40. The molecule has 2 N–H and O–H groups in total. The van der Waals surface area contributed by atoms with Gasteiger partial charge in [0.25, 0.3) is 0 Å². The molecule has 0 radical (unpaired) electrons. The Balaban J connectivity index is 1.65. The van der Waals surface area contributed by atoms with E-state index in [2.05, 4.69) is 10.6 Å². The molecule has 0 spiro atoms. The van der Waals surface area contributed by atoms with E-state index in [-0.39, 0.29) is 23.1 Å². The van der Waals surface area contributed by atoms with E-state index in [1.165, 1.54) is 23.4 Å². The molecule has 3 rings (SSSR count). The quantitative estimate of drug-likeness (QED) is 0.668. The topological polar surface area (TPSA) is 105 Å². The summed E-state index contributed by atoms with van der Waals surface area (Å²) in [5, 5.41) is 5.62. The third-order valence-corrected chi connectivity index (χ3v) is 6.37. The van der Waals surface area contributed by atoms with Gasteiger partial charge in [-0.25, -0.2) is 8.42 Å². The summed E-state index contributed by atoms with van der Waals surface area (Å²) in [7, 11) is -3.61. The maximum absolute atomic E-state index is 12.8. The third kappa shape index (κ3) is 5.20. The summed E-state index contributed by atoms with van der Waals surface area (Å²) in [5.74, 6) is -0.491. The Bertz CT molecular complexity index is 1000. The molecule has 2 aromatic rings. The molecule has 1 saturated heterocycles. The van der Waals surface area contributed by atoms with E-state index in [0.29, 0.717) is 43.2 Å². The van der Waals surface area contributed by atoms with Crippen molar-refractivity contribution in [1.29, 1.82) is 0 Å². The Morgan fingerprint density at radius 3 is 2.52 bits per heavy atom. The maximum Gasteiger partial charge on any atom is 0.243 e. The van der Waals surface area contributed by atoms with Crippen LogP contribution in [0.5, 0.6) is 0 Å². The number of carbonyl (C=O) groups excluding carboxylic acids is 2. The van der Waals surface area contributed by atoms with E-state index >= 15 is 0 Å². The smallest absolute Gasteiger partial charge is 0.243 e. The first-order chi connectivity index (χ1) is 13.9. The summed E-state index contributed by atoms with van der Waals surface area (Å²) in [4.78, 5) is 24.1. The molecule has 8 nitrogen and oxygen atoms in total. The molecule has 1 fully saturated rings. The Kier molecular flexibility index (Phi) is 6.63. The van der Waals surface area contributed by atoms with Gasteiger partial charge in [0, 0.05) is 24.3 Å². The van der Waals surface area contributed by atoms with Gasteiger partial charge in [-0.05, 0) is 37.3 Å². The molecule has 0 aromatic heterocycles. The number of nitrogens with zero attached hydrogens (tertiary/aromatic N) is 1. The van der Waals surface area contributed by atoms with E-state index in [4.69, 9.17) is 4.74 Å². The van der Waals surface area contributed by atoms with Crippen molar-refractivity contribution >= 4 is 33.1 Å². The highest BCUT2D eigenvalue weighted by Crippen LogP contribution is 2.21. The maximum atomic E-state index is 12.8. The van der Waals surface area contributed by atoms with Crippen molar-refractivity contribution in [2.45, 2.75) is 11.8 Å². The van der Waals surface area contributed by atoms with Crippen LogP contribution in [-0.2, 0) is 19.6 Å². The predicted molar refractivity (Wildman–Crippen MR) is 110 cm³/mol. The number of ketones is 1. The molecule has 0 saturated carbocycles. The molecule has 1 aliphatic heterocycles. The average molecular weight is 417 g/mol. The first-order valence-corrected chi connectivity index (χ1v) is 10.6. The lowest BCUT2D eigenvalue weighted by Gasteiger charge is -2.26. The fraction of sp³-hybridized carbons (Fsp3) is 0.300. The van der Waals surface area contributed by atoms with Gasteiger partial charge in [0.1, 0.15) is 0 Å². The van der Waals surface area contributed by atoms with Crippen molar-refractivity contribution in [2.75, 3.05) is 43.5 Å². The van der Waals surface area contributed by atoms with Crippen LogP contribution in [0, 0.1) is 0 Å². The molecule has 0 aliphatic carbocycles. The Hall–Kier alpha value is -2.75. The van der Waals surface area contributed by atoms with Crippen LogP contribution in [0.1, 0.15) is 17.3 Å². The van der Waals surface area contributed by atoms with Crippen molar-refractivity contribution in [2.24, 2.45) is 0 Å². The van der Waals surface area contributed by atoms with E-state index in [9.17, 15) is 18.0 Å². The van der Waals surface area contributed by atoms with Crippen LogP contribution < -0.4 is 10.6 Å². The number of para-hydroxylation sites is 1. The Labute approximate surface area is 169 Å². The predicted octanol–water partition coefficient (Wildman–Crippen LogP) is 1.96. The molecule has 1 aliphatic rings. The van der Waals surface area contributed by atoms with Crippen LogP contribution in [-0.4, -0.2) is 57.3 Å². The lowest BCUT2D eigenvalue weighted by molar-refractivity contribution is -0.114. The number of morpholine rings is 1. The van der Waals surface area contributed by atoms with E-state index in [0.717, 1.165) is 0 Å². The molecule has 0 unspecified atom stereocenters. The minimum atomic E-state index is -3.61. The van der Waals surface area contributed by atoms with Crippen LogP contribution in [0.25, 0.3) is 0 Å². The zero-order chi connectivity index (χ0) is 20.9. The zero-order valence-corrected chi connectivity index (χ0v) is 16.9. The molecule has 9 heteroatoms. The first-order valence-electron chi connectivity index (χ1n) is 9.19. The van der Waals surface area contributed by atoms with Crippen molar-refractivity contribution < 1.29 is 22.7 Å². The summed E-state index contributed by atoms with van der Waals surface area (Å²) >= 11 is 0. The minimum absolute atomic E-state index is 0.0761. The average Bonchev–Trinajstić information content (AvgIpc) is 2.73. The van der Waals surface area contributed by atoms with Crippen molar-refractivity contribution in [1.82, 2.24) is 4.31 Å². The number of nitrogens with one attached hydrogen (secondary N) is 2. The van der Waals surface area contributed by atoms with Gasteiger partial charge in [0.15, 0.2) is 5.78 Å². The second-order valence-corrected chi connectivity index (χ2v) is 8.49. The number of Topliss-reactive ketones (excluding diaryl/α,β-unsaturated/α-hetero) is 1. The van der Waals surface area contributed by atoms with Crippen LogP contribution in [0.3, 0.4) is 0 Å². The molecule has 154 valence electrons. The van der Waals surface area contributed by atoms with Crippen molar-refractivity contribution in [3.05, 3.63) is 54.1 Å². The molecule has 0 bridgehead atoms. The zero-order valence-electron chi connectivity index (χ0n) is 16.1. The van der Waals surface area contributed by atoms with Crippen LogP contribution in [0.15, 0.2) is 53.4 Å². The second kappa shape index (κ2) is 9.17. The number of carbonyl (C=O) groups is 2. The number of benzene rings is 2. The molecule has 0 atom stereocenters. The standard InChI is InChI=1S/C20H23N3O5S/c1-15(24)18-7-2-3-8-19(18)22-20(25)14-21-16-5-4-6-17(13-16)29(26,27)23-9-11-28-12-10-23/h2-8,13,21H,9-12,14H2,1H3,(H,22,25). The van der Waals surface area contributed by atoms with Gasteiger partial charge in [-0.15, -0.1) is 0 Å². The van der Waals surface area contributed by atoms with Gasteiger partial charge >= 0.3 is 0 Å². The van der Waals surface area contributed by atoms with Crippen LogP contribution in [0.2, 0.25) is 0 Å². The summed E-state index contributed by atoms with van der Waals surface area (Å²) in [6.45, 7) is 2.74. The SMILES string of the molecule is CC(=O)c1ccccc1NC(=O)CNc1cccc(S(=O)(=O)N2CCOCC2)c1. The van der Waals surface area contributed by atoms with E-state index < -0.39 is 10.0 Å². The molecular formula is C20H23N3O5S. The number of hydrogen-bond acceptors (Lipinski definition) is 6. The fourth-order valence-corrected chi connectivity index (χ4v) is 4.43. The Morgan fingerprint density at radius 2 is 1.79 bits per heavy atom. The molecular weight excluding hydrogens is 394 g/mol. The van der Waals surface area contributed by atoms with Crippen LogP contribution in [0.4, 0.5) is 11.4 Å². The number of ether oxygens (including phenoxy) is 1. The van der Waals surface area contributed by atoms with Crippen LogP contribution >= 0.6 is 0 Å². The number of hydrogen-bond donors (Lipinski definition) is 2.